The van der Waals surface area contributed by atoms with Gasteiger partial charge < -0.3 is 9.84 Å². The van der Waals surface area contributed by atoms with E-state index < -0.39 is 38.1 Å². The molecule has 26 heavy (non-hydrogen) atoms. The molecule has 2 atom stereocenters. The van der Waals surface area contributed by atoms with Crippen molar-refractivity contribution in [1.82, 2.24) is 9.03 Å². The second kappa shape index (κ2) is 7.74. The van der Waals surface area contributed by atoms with E-state index >= 15 is 0 Å². The molecule has 1 heterocycles. The van der Waals surface area contributed by atoms with Gasteiger partial charge in [0.25, 0.3) is 0 Å². The Morgan fingerprint density at radius 3 is 2.31 bits per heavy atom. The highest BCUT2D eigenvalue weighted by atomic mass is 32.2. The second-order valence-corrected chi connectivity index (χ2v) is 9.41. The van der Waals surface area contributed by atoms with Gasteiger partial charge in [-0.3, -0.25) is 4.79 Å². The van der Waals surface area contributed by atoms with Crippen LogP contribution in [0.5, 0.6) is 5.75 Å². The molecule has 0 fully saturated rings. The summed E-state index contributed by atoms with van der Waals surface area (Å²) in [5.41, 5.74) is 0. The number of ether oxygens (including phenoxy) is 1. The second-order valence-electron chi connectivity index (χ2n) is 5.74. The number of nitrogens with zero attached hydrogens (tertiary/aromatic N) is 1. The Balaban J connectivity index is 2.48. The lowest BCUT2D eigenvalue weighted by molar-refractivity contribution is -0.142. The minimum Gasteiger partial charge on any atom is -0.497 e. The van der Waals surface area contributed by atoms with Crippen LogP contribution in [0.15, 0.2) is 41.3 Å². The summed E-state index contributed by atoms with van der Waals surface area (Å²) in [6.45, 7) is -0.187. The molecule has 0 amide bonds. The molecule has 0 bridgehead atoms. The third-order valence-electron chi connectivity index (χ3n) is 3.82. The van der Waals surface area contributed by atoms with E-state index in [0.29, 0.717) is 5.75 Å². The third kappa shape index (κ3) is 4.61. The lowest BCUT2D eigenvalue weighted by Gasteiger charge is -2.31. The molecule has 2 rings (SSSR count). The van der Waals surface area contributed by atoms with Gasteiger partial charge in [0.2, 0.25) is 20.0 Å². The molecule has 11 heteroatoms. The van der Waals surface area contributed by atoms with Gasteiger partial charge in [-0.15, -0.1) is 0 Å². The van der Waals surface area contributed by atoms with Gasteiger partial charge in [0.05, 0.1) is 24.3 Å². The first-order chi connectivity index (χ1) is 12.1. The highest BCUT2D eigenvalue weighted by Crippen LogP contribution is 2.25. The van der Waals surface area contributed by atoms with Gasteiger partial charge >= 0.3 is 5.97 Å². The Kier molecular flexibility index (Phi) is 6.06. The molecule has 0 saturated heterocycles. The normalized spacial score (nSPS) is 21.9. The van der Waals surface area contributed by atoms with E-state index in [9.17, 15) is 26.7 Å². The predicted octanol–water partition coefficient (Wildman–Crippen LogP) is 0.0168. The van der Waals surface area contributed by atoms with Gasteiger partial charge in [-0.2, -0.15) is 4.31 Å². The van der Waals surface area contributed by atoms with Crippen LogP contribution in [-0.4, -0.2) is 64.2 Å². The van der Waals surface area contributed by atoms with Gasteiger partial charge in [-0.1, -0.05) is 12.2 Å². The molecule has 144 valence electrons. The van der Waals surface area contributed by atoms with Crippen molar-refractivity contribution in [3.63, 3.8) is 0 Å². The Bertz CT molecular complexity index is 892. The van der Waals surface area contributed by atoms with E-state index in [1.54, 1.807) is 6.08 Å². The van der Waals surface area contributed by atoms with Crippen LogP contribution in [0, 0.1) is 0 Å². The number of benzene rings is 1. The van der Waals surface area contributed by atoms with Crippen LogP contribution in [-0.2, 0) is 24.8 Å². The first-order valence-electron chi connectivity index (χ1n) is 7.57. The molecule has 0 aromatic heterocycles. The van der Waals surface area contributed by atoms with E-state index in [4.69, 9.17) is 4.74 Å². The maximum Gasteiger partial charge on any atom is 0.323 e. The fourth-order valence-electron chi connectivity index (χ4n) is 2.68. The highest BCUT2D eigenvalue weighted by Gasteiger charge is 2.42. The van der Waals surface area contributed by atoms with Crippen LogP contribution < -0.4 is 9.46 Å². The molecular formula is C15H20N2O7S2. The fourth-order valence-corrected chi connectivity index (χ4v) is 5.02. The van der Waals surface area contributed by atoms with Gasteiger partial charge in [-0.25, -0.2) is 21.6 Å². The maximum absolute atomic E-state index is 13.0. The summed E-state index contributed by atoms with van der Waals surface area (Å²) in [5.74, 6) is -0.988. The molecule has 1 aliphatic rings. The molecular weight excluding hydrogens is 384 g/mol. The summed E-state index contributed by atoms with van der Waals surface area (Å²) >= 11 is 0. The van der Waals surface area contributed by atoms with Crippen LogP contribution in [0.3, 0.4) is 0 Å². The Hall–Kier alpha value is -1.95. The lowest BCUT2D eigenvalue weighted by Crippen LogP contribution is -2.56. The van der Waals surface area contributed by atoms with Gasteiger partial charge in [0.1, 0.15) is 11.8 Å². The topological polar surface area (TPSA) is 130 Å². The van der Waals surface area contributed by atoms with Crippen molar-refractivity contribution in [2.24, 2.45) is 0 Å². The predicted molar refractivity (Wildman–Crippen MR) is 93.8 cm³/mol. The number of carboxylic acids is 1. The van der Waals surface area contributed by atoms with Crippen molar-refractivity contribution in [1.29, 1.82) is 0 Å². The number of nitrogens with one attached hydrogen (secondary N) is 1. The average Bonchev–Trinajstić information content (AvgIpc) is 2.76. The van der Waals surface area contributed by atoms with Crippen molar-refractivity contribution >= 4 is 26.0 Å². The Labute approximate surface area is 152 Å². The average molecular weight is 404 g/mol. The summed E-state index contributed by atoms with van der Waals surface area (Å²) < 4.78 is 57.1. The molecule has 0 saturated carbocycles. The van der Waals surface area contributed by atoms with E-state index in [1.165, 1.54) is 37.5 Å². The fraction of sp³-hybridized carbons (Fsp3) is 0.400. The molecule has 2 unspecified atom stereocenters. The zero-order chi connectivity index (χ0) is 19.5. The first-order valence-corrected chi connectivity index (χ1v) is 10.9. The van der Waals surface area contributed by atoms with Crippen molar-refractivity contribution in [2.45, 2.75) is 23.4 Å². The molecule has 0 spiro atoms. The number of carboxylic acid groups (broad SMARTS) is 1. The van der Waals surface area contributed by atoms with Crippen LogP contribution in [0.2, 0.25) is 0 Å². The SMILES string of the molecule is COc1ccc(S(=O)(=O)N2CC=CCC(NS(C)(=O)=O)C2C(=O)O)cc1. The lowest BCUT2D eigenvalue weighted by atomic mass is 10.1. The van der Waals surface area contributed by atoms with Crippen molar-refractivity contribution in [2.75, 3.05) is 19.9 Å². The smallest absolute Gasteiger partial charge is 0.323 e. The molecule has 1 aromatic carbocycles. The zero-order valence-electron chi connectivity index (χ0n) is 14.2. The summed E-state index contributed by atoms with van der Waals surface area (Å²) in [7, 11) is -6.48. The number of sulfonamides is 2. The van der Waals surface area contributed by atoms with Crippen LogP contribution in [0.1, 0.15) is 6.42 Å². The largest absolute Gasteiger partial charge is 0.497 e. The number of hydrogen-bond donors (Lipinski definition) is 2. The van der Waals surface area contributed by atoms with Crippen LogP contribution in [0.25, 0.3) is 0 Å². The minimum atomic E-state index is -4.18. The summed E-state index contributed by atoms with van der Waals surface area (Å²) in [6, 6.07) is 2.79. The van der Waals surface area contributed by atoms with Crippen molar-refractivity contribution < 1.29 is 31.5 Å². The van der Waals surface area contributed by atoms with Gasteiger partial charge in [0.15, 0.2) is 0 Å². The van der Waals surface area contributed by atoms with E-state index in [1.807, 2.05) is 0 Å². The summed E-state index contributed by atoms with van der Waals surface area (Å²) in [4.78, 5) is 11.7. The Morgan fingerprint density at radius 2 is 1.81 bits per heavy atom. The monoisotopic (exact) mass is 404 g/mol. The van der Waals surface area contributed by atoms with Crippen molar-refractivity contribution in [3.8, 4) is 5.75 Å². The molecule has 0 aliphatic carbocycles. The summed E-state index contributed by atoms with van der Waals surface area (Å²) in [5, 5.41) is 9.60. The molecule has 1 aliphatic heterocycles. The van der Waals surface area contributed by atoms with Gasteiger partial charge in [-0.05, 0) is 30.7 Å². The van der Waals surface area contributed by atoms with E-state index in [2.05, 4.69) is 4.72 Å². The quantitative estimate of drug-likeness (QED) is 0.639. The molecule has 9 nitrogen and oxygen atoms in total. The van der Waals surface area contributed by atoms with Crippen LogP contribution in [0.4, 0.5) is 0 Å². The Morgan fingerprint density at radius 1 is 1.19 bits per heavy atom. The number of hydrogen-bond acceptors (Lipinski definition) is 6. The maximum atomic E-state index is 13.0. The summed E-state index contributed by atoms with van der Waals surface area (Å²) in [6.07, 6.45) is 4.00. The van der Waals surface area contributed by atoms with E-state index in [-0.39, 0.29) is 17.9 Å². The standard InChI is InChI=1S/C15H20N2O7S2/c1-24-11-6-8-12(9-7-11)26(22,23)17-10-4-3-5-13(14(17)15(18)19)16-25(2,20)21/h3-4,6-9,13-14,16H,5,10H2,1-2H3,(H,18,19). The highest BCUT2D eigenvalue weighted by molar-refractivity contribution is 7.89. The minimum absolute atomic E-state index is 0.0542. The molecule has 1 aromatic rings. The van der Waals surface area contributed by atoms with Crippen LogP contribution >= 0.6 is 0 Å². The zero-order valence-corrected chi connectivity index (χ0v) is 15.8. The number of rotatable bonds is 6. The van der Waals surface area contributed by atoms with E-state index in [0.717, 1.165) is 10.6 Å². The first kappa shape index (κ1) is 20.4. The molecule has 2 N–H and O–H groups in total. The third-order valence-corrected chi connectivity index (χ3v) is 6.41. The number of carbonyl (C=O) groups is 1. The number of aliphatic carboxylic acids is 1. The van der Waals surface area contributed by atoms with Crippen molar-refractivity contribution in [3.05, 3.63) is 36.4 Å². The molecule has 0 radical (unpaired) electrons. The van der Waals surface area contributed by atoms with Gasteiger partial charge in [0, 0.05) is 6.54 Å². The number of methoxy groups -OCH3 is 1.